The van der Waals surface area contributed by atoms with Crippen molar-refractivity contribution in [1.82, 2.24) is 9.80 Å². The minimum atomic E-state index is -0.254. The highest BCUT2D eigenvalue weighted by atomic mass is 19.1. The summed E-state index contributed by atoms with van der Waals surface area (Å²) in [6.07, 6.45) is 1.79. The number of likely N-dealkylation sites (N-methyl/N-ethyl adjacent to an activating group) is 1. The molecule has 1 aliphatic heterocycles. The van der Waals surface area contributed by atoms with Gasteiger partial charge in [0, 0.05) is 24.6 Å². The highest BCUT2D eigenvalue weighted by Gasteiger charge is 2.37. The molecule has 3 aromatic carbocycles. The fraction of sp³-hybridized carbons (Fsp3) is 0.308. The third-order valence-electron chi connectivity index (χ3n) is 6.51. The maximum atomic E-state index is 13.6. The van der Waals surface area contributed by atoms with Gasteiger partial charge in [0.25, 0.3) is 5.91 Å². The Balaban J connectivity index is 1.69. The number of benzene rings is 3. The van der Waals surface area contributed by atoms with Crippen LogP contribution in [0, 0.1) is 17.1 Å². The van der Waals surface area contributed by atoms with Crippen LogP contribution in [0.5, 0.6) is 0 Å². The highest BCUT2D eigenvalue weighted by molar-refractivity contribution is 6.07. The smallest absolute Gasteiger partial charge is 0.254 e. The van der Waals surface area contributed by atoms with Crippen molar-refractivity contribution in [3.8, 4) is 6.07 Å². The van der Waals surface area contributed by atoms with Crippen LogP contribution in [0.3, 0.4) is 0 Å². The number of carbonyl (C=O) groups excluding carboxylic acids is 1. The number of piperidine rings is 1. The molecule has 0 unspecified atom stereocenters. The lowest BCUT2D eigenvalue weighted by Gasteiger charge is -2.43. The lowest BCUT2D eigenvalue weighted by Crippen LogP contribution is -2.48. The average molecular weight is 416 g/mol. The van der Waals surface area contributed by atoms with E-state index in [0.717, 1.165) is 42.3 Å². The Morgan fingerprint density at radius 2 is 1.81 bits per heavy atom. The Morgan fingerprint density at radius 3 is 2.48 bits per heavy atom. The largest absolute Gasteiger partial charge is 0.341 e. The molecule has 1 amide bonds. The number of hydrogen-bond acceptors (Lipinski definition) is 3. The van der Waals surface area contributed by atoms with Crippen molar-refractivity contribution >= 4 is 16.7 Å². The monoisotopic (exact) mass is 415 g/mol. The van der Waals surface area contributed by atoms with E-state index in [9.17, 15) is 14.4 Å². The summed E-state index contributed by atoms with van der Waals surface area (Å²) >= 11 is 0. The molecule has 1 saturated heterocycles. The number of halogens is 1. The predicted octanol–water partition coefficient (Wildman–Crippen LogP) is 4.59. The molecule has 0 bridgehead atoms. The summed E-state index contributed by atoms with van der Waals surface area (Å²) in [5.74, 6) is -0.357. The van der Waals surface area contributed by atoms with Crippen molar-refractivity contribution < 1.29 is 9.18 Å². The van der Waals surface area contributed by atoms with Crippen LogP contribution in [0.2, 0.25) is 0 Å². The van der Waals surface area contributed by atoms with Gasteiger partial charge in [-0.2, -0.15) is 5.26 Å². The Morgan fingerprint density at radius 1 is 1.13 bits per heavy atom. The van der Waals surface area contributed by atoms with E-state index in [1.807, 2.05) is 49.5 Å². The molecule has 1 aliphatic rings. The number of rotatable bonds is 4. The molecule has 0 N–H and O–H groups in total. The van der Waals surface area contributed by atoms with Crippen LogP contribution in [-0.2, 0) is 5.41 Å². The van der Waals surface area contributed by atoms with Crippen LogP contribution in [0.15, 0.2) is 60.7 Å². The van der Waals surface area contributed by atoms with E-state index in [1.54, 1.807) is 11.0 Å². The van der Waals surface area contributed by atoms with Gasteiger partial charge in [0.15, 0.2) is 0 Å². The van der Waals surface area contributed by atoms with Crippen molar-refractivity contribution in [2.75, 3.05) is 33.7 Å². The van der Waals surface area contributed by atoms with Crippen LogP contribution in [0.25, 0.3) is 10.8 Å². The fourth-order valence-electron chi connectivity index (χ4n) is 4.67. The first kappa shape index (κ1) is 21.0. The van der Waals surface area contributed by atoms with Crippen molar-refractivity contribution in [3.63, 3.8) is 0 Å². The number of likely N-dealkylation sites (tertiary alicyclic amines) is 1. The number of carbonyl (C=O) groups is 1. The quantitative estimate of drug-likeness (QED) is 0.626. The Hall–Kier alpha value is -3.23. The van der Waals surface area contributed by atoms with Gasteiger partial charge in [-0.3, -0.25) is 4.79 Å². The van der Waals surface area contributed by atoms with E-state index in [1.165, 1.54) is 12.1 Å². The van der Waals surface area contributed by atoms with Gasteiger partial charge in [0.2, 0.25) is 0 Å². The number of fused-ring (bicyclic) bond motifs is 1. The SMILES string of the molecule is CN1CCC(CN(C)C(=O)c2cc(C#N)cc3ccccc23)(c2ccc(F)cc2)CC1. The first-order chi connectivity index (χ1) is 14.9. The van der Waals surface area contributed by atoms with E-state index < -0.39 is 0 Å². The zero-order valence-corrected chi connectivity index (χ0v) is 17.9. The predicted molar refractivity (Wildman–Crippen MR) is 120 cm³/mol. The number of nitrogens with zero attached hydrogens (tertiary/aromatic N) is 3. The van der Waals surface area contributed by atoms with Gasteiger partial charge in [-0.05, 0) is 73.6 Å². The lowest BCUT2D eigenvalue weighted by atomic mass is 9.72. The molecule has 1 fully saturated rings. The molecule has 1 heterocycles. The van der Waals surface area contributed by atoms with Gasteiger partial charge in [-0.15, -0.1) is 0 Å². The van der Waals surface area contributed by atoms with Gasteiger partial charge in [-0.25, -0.2) is 4.39 Å². The van der Waals surface area contributed by atoms with E-state index in [2.05, 4.69) is 18.0 Å². The normalized spacial score (nSPS) is 16.1. The third kappa shape index (κ3) is 4.17. The second-order valence-corrected chi connectivity index (χ2v) is 8.61. The Bertz CT molecular complexity index is 1140. The van der Waals surface area contributed by atoms with Crippen molar-refractivity contribution in [3.05, 3.63) is 83.2 Å². The van der Waals surface area contributed by atoms with Crippen LogP contribution < -0.4 is 0 Å². The molecule has 5 heteroatoms. The summed E-state index contributed by atoms with van der Waals surface area (Å²) < 4.78 is 13.6. The average Bonchev–Trinajstić information content (AvgIpc) is 2.80. The summed E-state index contributed by atoms with van der Waals surface area (Å²) in [5, 5.41) is 11.2. The third-order valence-corrected chi connectivity index (χ3v) is 6.51. The first-order valence-corrected chi connectivity index (χ1v) is 10.5. The molecular weight excluding hydrogens is 389 g/mol. The molecule has 0 saturated carbocycles. The molecule has 31 heavy (non-hydrogen) atoms. The zero-order chi connectivity index (χ0) is 22.0. The Labute approximate surface area is 182 Å². The summed E-state index contributed by atoms with van der Waals surface area (Å²) in [7, 11) is 3.92. The number of nitriles is 1. The van der Waals surface area contributed by atoms with E-state index >= 15 is 0 Å². The van der Waals surface area contributed by atoms with E-state index in [4.69, 9.17) is 0 Å². The first-order valence-electron chi connectivity index (χ1n) is 10.5. The van der Waals surface area contributed by atoms with Crippen LogP contribution in [0.4, 0.5) is 4.39 Å². The molecule has 0 aromatic heterocycles. The van der Waals surface area contributed by atoms with Crippen molar-refractivity contribution in [2.45, 2.75) is 18.3 Å². The highest BCUT2D eigenvalue weighted by Crippen LogP contribution is 2.36. The van der Waals surface area contributed by atoms with Gasteiger partial charge in [0.1, 0.15) is 5.82 Å². The molecule has 0 radical (unpaired) electrons. The van der Waals surface area contributed by atoms with E-state index in [-0.39, 0.29) is 17.1 Å². The molecule has 3 aromatic rings. The second-order valence-electron chi connectivity index (χ2n) is 8.61. The standard InChI is InChI=1S/C26H26FN3O/c1-29-13-11-26(12-14-29,21-7-9-22(27)10-8-21)18-30(2)25(31)24-16-19(17-28)15-20-5-3-4-6-23(20)24/h3-10,15-16H,11-14,18H2,1-2H3. The lowest BCUT2D eigenvalue weighted by molar-refractivity contribution is 0.0714. The molecule has 4 nitrogen and oxygen atoms in total. The molecule has 0 atom stereocenters. The number of amides is 1. The van der Waals surface area contributed by atoms with Crippen LogP contribution in [0.1, 0.15) is 34.3 Å². The number of hydrogen-bond donors (Lipinski definition) is 0. The molecule has 158 valence electrons. The van der Waals surface area contributed by atoms with Gasteiger partial charge < -0.3 is 9.80 Å². The molecule has 0 aliphatic carbocycles. The van der Waals surface area contributed by atoms with E-state index in [0.29, 0.717) is 17.7 Å². The minimum Gasteiger partial charge on any atom is -0.341 e. The minimum absolute atomic E-state index is 0.103. The molecular formula is C26H26FN3O. The maximum absolute atomic E-state index is 13.6. The van der Waals surface area contributed by atoms with Crippen molar-refractivity contribution in [1.29, 1.82) is 5.26 Å². The van der Waals surface area contributed by atoms with Crippen molar-refractivity contribution in [2.24, 2.45) is 0 Å². The van der Waals surface area contributed by atoms with Gasteiger partial charge in [0.05, 0.1) is 11.6 Å². The maximum Gasteiger partial charge on any atom is 0.254 e. The summed E-state index contributed by atoms with van der Waals surface area (Å²) in [6, 6.07) is 20.0. The summed E-state index contributed by atoms with van der Waals surface area (Å²) in [6.45, 7) is 2.38. The zero-order valence-electron chi connectivity index (χ0n) is 17.9. The topological polar surface area (TPSA) is 47.3 Å². The molecule has 4 rings (SSSR count). The van der Waals surface area contributed by atoms with Gasteiger partial charge in [-0.1, -0.05) is 36.4 Å². The molecule has 0 spiro atoms. The van der Waals surface area contributed by atoms with Crippen LogP contribution in [-0.4, -0.2) is 49.4 Å². The fourth-order valence-corrected chi connectivity index (χ4v) is 4.67. The second kappa shape index (κ2) is 8.49. The summed E-state index contributed by atoms with van der Waals surface area (Å²) in [4.78, 5) is 17.6. The van der Waals surface area contributed by atoms with Gasteiger partial charge >= 0.3 is 0 Å². The summed E-state index contributed by atoms with van der Waals surface area (Å²) in [5.41, 5.74) is 1.85. The van der Waals surface area contributed by atoms with Crippen LogP contribution >= 0.6 is 0 Å². The Kier molecular flexibility index (Phi) is 5.75.